The molecule has 4 nitrogen and oxygen atoms in total. The minimum atomic E-state index is -0.579. The molecular weight excluding hydrogens is 327 g/mol. The third kappa shape index (κ3) is 2.60. The summed E-state index contributed by atoms with van der Waals surface area (Å²) in [4.78, 5) is 12.3. The van der Waals surface area contributed by atoms with Crippen LogP contribution in [0.25, 0.3) is 0 Å². The molecule has 1 heterocycles. The maximum Gasteiger partial charge on any atom is 0.175 e. The second-order valence-electron chi connectivity index (χ2n) is 4.39. The van der Waals surface area contributed by atoms with E-state index in [9.17, 15) is 9.18 Å². The summed E-state index contributed by atoms with van der Waals surface area (Å²) in [6.45, 7) is 1.84. The van der Waals surface area contributed by atoms with Gasteiger partial charge in [0.05, 0.1) is 35.0 Å². The number of methoxy groups -OCH3 is 1. The molecule has 20 heavy (non-hydrogen) atoms. The highest BCUT2D eigenvalue weighted by Crippen LogP contribution is 2.26. The Morgan fingerprint density at radius 2 is 2.20 bits per heavy atom. The van der Waals surface area contributed by atoms with Gasteiger partial charge >= 0.3 is 0 Å². The number of Topliss-reactive ketones (excluding diaryl/α,β-unsaturated/α-hetero) is 1. The number of rotatable bonds is 4. The van der Waals surface area contributed by atoms with Crippen LogP contribution < -0.4 is 4.74 Å². The van der Waals surface area contributed by atoms with Crippen LogP contribution in [0.2, 0.25) is 0 Å². The van der Waals surface area contributed by atoms with Gasteiger partial charge in [-0.1, -0.05) is 6.07 Å². The van der Waals surface area contributed by atoms with Crippen molar-refractivity contribution in [2.45, 2.75) is 13.3 Å². The lowest BCUT2D eigenvalue weighted by Crippen LogP contribution is -2.11. The van der Waals surface area contributed by atoms with Crippen LogP contribution in [0.5, 0.6) is 5.75 Å². The Bertz CT molecular complexity index is 667. The van der Waals surface area contributed by atoms with Crippen molar-refractivity contribution < 1.29 is 13.9 Å². The SMILES string of the molecule is COc1cccc(F)c1C(=O)Cc1c(Br)c(C)nn1C. The number of benzene rings is 1. The smallest absolute Gasteiger partial charge is 0.175 e. The first kappa shape index (κ1) is 14.7. The average molecular weight is 341 g/mol. The minimum absolute atomic E-state index is 0.0271. The highest BCUT2D eigenvalue weighted by molar-refractivity contribution is 9.10. The van der Waals surface area contributed by atoms with E-state index in [1.54, 1.807) is 17.8 Å². The van der Waals surface area contributed by atoms with E-state index in [1.165, 1.54) is 19.2 Å². The summed E-state index contributed by atoms with van der Waals surface area (Å²) in [5, 5.41) is 4.21. The van der Waals surface area contributed by atoms with Gasteiger partial charge < -0.3 is 4.74 Å². The topological polar surface area (TPSA) is 44.1 Å². The standard InChI is InChI=1S/C14H14BrFN2O2/c1-8-14(15)10(18(2)17-8)7-11(19)13-9(16)5-4-6-12(13)20-3/h4-6H,7H2,1-3H3. The highest BCUT2D eigenvalue weighted by Gasteiger charge is 2.21. The lowest BCUT2D eigenvalue weighted by Gasteiger charge is -2.09. The predicted molar refractivity (Wildman–Crippen MR) is 76.6 cm³/mol. The molecule has 0 spiro atoms. The zero-order valence-corrected chi connectivity index (χ0v) is 13.0. The van der Waals surface area contributed by atoms with Crippen LogP contribution in [-0.2, 0) is 13.5 Å². The second-order valence-corrected chi connectivity index (χ2v) is 5.18. The van der Waals surface area contributed by atoms with E-state index in [0.29, 0.717) is 5.69 Å². The number of aromatic nitrogens is 2. The summed E-state index contributed by atoms with van der Waals surface area (Å²) in [6, 6.07) is 4.33. The van der Waals surface area contributed by atoms with Crippen molar-refractivity contribution in [1.29, 1.82) is 0 Å². The van der Waals surface area contributed by atoms with Crippen molar-refractivity contribution in [2.75, 3.05) is 7.11 Å². The maximum absolute atomic E-state index is 13.9. The third-order valence-electron chi connectivity index (χ3n) is 3.06. The molecule has 2 rings (SSSR count). The molecule has 0 atom stereocenters. The summed E-state index contributed by atoms with van der Waals surface area (Å²) < 4.78 is 21.3. The molecular formula is C14H14BrFN2O2. The van der Waals surface area contributed by atoms with E-state index < -0.39 is 5.82 Å². The van der Waals surface area contributed by atoms with Crippen LogP contribution in [0.15, 0.2) is 22.7 Å². The van der Waals surface area contributed by atoms with E-state index in [-0.39, 0.29) is 23.5 Å². The monoisotopic (exact) mass is 340 g/mol. The number of nitrogens with zero attached hydrogens (tertiary/aromatic N) is 2. The molecule has 0 aliphatic rings. The molecule has 1 aromatic heterocycles. The van der Waals surface area contributed by atoms with Crippen molar-refractivity contribution in [3.8, 4) is 5.75 Å². The largest absolute Gasteiger partial charge is 0.496 e. The molecule has 0 aliphatic heterocycles. The van der Waals surface area contributed by atoms with Crippen LogP contribution in [0.3, 0.4) is 0 Å². The molecule has 0 fully saturated rings. The number of ketones is 1. The van der Waals surface area contributed by atoms with Gasteiger partial charge in [-0.25, -0.2) is 4.39 Å². The maximum atomic E-state index is 13.9. The van der Waals surface area contributed by atoms with Gasteiger partial charge in [0.2, 0.25) is 0 Å². The van der Waals surface area contributed by atoms with Crippen molar-refractivity contribution in [1.82, 2.24) is 9.78 Å². The number of carbonyl (C=O) groups is 1. The predicted octanol–water partition coefficient (Wildman–Crippen LogP) is 3.06. The minimum Gasteiger partial charge on any atom is -0.496 e. The quantitative estimate of drug-likeness (QED) is 0.803. The fourth-order valence-electron chi connectivity index (χ4n) is 2.06. The second kappa shape index (κ2) is 5.75. The van der Waals surface area contributed by atoms with Gasteiger partial charge in [0.1, 0.15) is 11.6 Å². The number of aryl methyl sites for hydroxylation is 2. The molecule has 0 radical (unpaired) electrons. The normalized spacial score (nSPS) is 10.7. The first-order valence-electron chi connectivity index (χ1n) is 5.99. The summed E-state index contributed by atoms with van der Waals surface area (Å²) in [5.41, 5.74) is 1.47. The molecule has 0 aliphatic carbocycles. The van der Waals surface area contributed by atoms with Crippen molar-refractivity contribution in [3.05, 3.63) is 45.4 Å². The summed E-state index contributed by atoms with van der Waals surface area (Å²) in [6.07, 6.45) is 0.0508. The first-order chi connectivity index (χ1) is 9.45. The number of carbonyl (C=O) groups excluding carboxylic acids is 1. The number of halogens is 2. The zero-order chi connectivity index (χ0) is 14.9. The van der Waals surface area contributed by atoms with E-state index in [2.05, 4.69) is 21.0 Å². The van der Waals surface area contributed by atoms with E-state index in [4.69, 9.17) is 4.74 Å². The summed E-state index contributed by atoms with van der Waals surface area (Å²) >= 11 is 3.40. The van der Waals surface area contributed by atoms with Crippen LogP contribution in [-0.4, -0.2) is 22.7 Å². The Morgan fingerprint density at radius 1 is 1.50 bits per heavy atom. The Labute approximate surface area is 124 Å². The first-order valence-corrected chi connectivity index (χ1v) is 6.78. The Hall–Kier alpha value is -1.69. The van der Waals surface area contributed by atoms with Crippen LogP contribution in [0, 0.1) is 12.7 Å². The molecule has 0 bridgehead atoms. The summed E-state index contributed by atoms with van der Waals surface area (Å²) in [5.74, 6) is -0.682. The van der Waals surface area contributed by atoms with Crippen LogP contribution in [0.4, 0.5) is 4.39 Å². The molecule has 6 heteroatoms. The van der Waals surface area contributed by atoms with Gasteiger partial charge in [-0.15, -0.1) is 0 Å². The van der Waals surface area contributed by atoms with Crippen molar-refractivity contribution >= 4 is 21.7 Å². The van der Waals surface area contributed by atoms with Crippen molar-refractivity contribution in [2.24, 2.45) is 7.05 Å². The fourth-order valence-corrected chi connectivity index (χ4v) is 2.53. The average Bonchev–Trinajstić information content (AvgIpc) is 2.64. The molecule has 0 unspecified atom stereocenters. The molecule has 0 amide bonds. The molecule has 0 N–H and O–H groups in total. The van der Waals surface area contributed by atoms with Gasteiger partial charge in [-0.2, -0.15) is 5.10 Å². The zero-order valence-electron chi connectivity index (χ0n) is 11.4. The molecule has 106 valence electrons. The van der Waals surface area contributed by atoms with Gasteiger partial charge in [-0.3, -0.25) is 9.48 Å². The van der Waals surface area contributed by atoms with Gasteiger partial charge in [0.25, 0.3) is 0 Å². The summed E-state index contributed by atoms with van der Waals surface area (Å²) in [7, 11) is 3.16. The van der Waals surface area contributed by atoms with Crippen LogP contribution in [0.1, 0.15) is 21.7 Å². The van der Waals surface area contributed by atoms with Gasteiger partial charge in [0, 0.05) is 7.05 Å². The molecule has 0 saturated carbocycles. The van der Waals surface area contributed by atoms with Crippen molar-refractivity contribution in [3.63, 3.8) is 0 Å². The fraction of sp³-hybridized carbons (Fsp3) is 0.286. The Balaban J connectivity index is 2.38. The Morgan fingerprint density at radius 3 is 2.75 bits per heavy atom. The third-order valence-corrected chi connectivity index (χ3v) is 4.10. The molecule has 0 saturated heterocycles. The highest BCUT2D eigenvalue weighted by atomic mass is 79.9. The number of hydrogen-bond donors (Lipinski definition) is 0. The Kier molecular flexibility index (Phi) is 4.23. The van der Waals surface area contributed by atoms with E-state index >= 15 is 0 Å². The van der Waals surface area contributed by atoms with E-state index in [0.717, 1.165) is 10.2 Å². The molecule has 1 aromatic carbocycles. The van der Waals surface area contributed by atoms with E-state index in [1.807, 2.05) is 6.92 Å². The number of hydrogen-bond acceptors (Lipinski definition) is 3. The number of ether oxygens (including phenoxy) is 1. The van der Waals surface area contributed by atoms with Crippen LogP contribution >= 0.6 is 15.9 Å². The lowest BCUT2D eigenvalue weighted by atomic mass is 10.0. The van der Waals surface area contributed by atoms with Gasteiger partial charge in [0.15, 0.2) is 5.78 Å². The molecule has 2 aromatic rings. The lowest BCUT2D eigenvalue weighted by molar-refractivity contribution is 0.0983. The van der Waals surface area contributed by atoms with Gasteiger partial charge in [-0.05, 0) is 35.0 Å².